The van der Waals surface area contributed by atoms with E-state index >= 15 is 0 Å². The predicted octanol–water partition coefficient (Wildman–Crippen LogP) is 2.10. The average Bonchev–Trinajstić information content (AvgIpc) is 2.80. The number of anilines is 1. The molecule has 1 aromatic carbocycles. The van der Waals surface area contributed by atoms with E-state index in [1.807, 2.05) is 12.1 Å². The van der Waals surface area contributed by atoms with Crippen molar-refractivity contribution < 1.29 is 9.32 Å². The molecule has 0 radical (unpaired) electrons. The highest BCUT2D eigenvalue weighted by Crippen LogP contribution is 2.06. The number of hydrogen-bond acceptors (Lipinski definition) is 4. The van der Waals surface area contributed by atoms with E-state index in [1.165, 1.54) is 6.26 Å². The molecule has 4 nitrogen and oxygen atoms in total. The molecule has 0 atom stereocenters. The van der Waals surface area contributed by atoms with Crippen LogP contribution in [0.5, 0.6) is 0 Å². The normalized spacial score (nSPS) is 9.87. The van der Waals surface area contributed by atoms with Crippen molar-refractivity contribution in [3.05, 3.63) is 47.7 Å². The first-order chi connectivity index (χ1) is 7.38. The van der Waals surface area contributed by atoms with E-state index in [9.17, 15) is 4.79 Å². The van der Waals surface area contributed by atoms with Crippen LogP contribution in [0.4, 0.5) is 5.82 Å². The molecule has 4 heteroatoms. The highest BCUT2D eigenvalue weighted by atomic mass is 16.5. The van der Waals surface area contributed by atoms with E-state index < -0.39 is 0 Å². The Labute approximate surface area is 86.9 Å². The molecule has 76 valence electrons. The van der Waals surface area contributed by atoms with Crippen molar-refractivity contribution >= 4 is 12.1 Å². The second-order valence-electron chi connectivity index (χ2n) is 3.10. The van der Waals surface area contributed by atoms with Crippen molar-refractivity contribution in [2.75, 3.05) is 5.32 Å². The Hall–Kier alpha value is -2.10. The molecule has 0 unspecified atom stereocenters. The number of hydrogen-bond donors (Lipinski definition) is 1. The number of rotatable bonds is 4. The van der Waals surface area contributed by atoms with Gasteiger partial charge in [-0.15, -0.1) is 0 Å². The molecule has 2 aromatic rings. The fourth-order valence-electron chi connectivity index (χ4n) is 1.21. The lowest BCUT2D eigenvalue weighted by atomic mass is 10.1. The Kier molecular flexibility index (Phi) is 2.78. The highest BCUT2D eigenvalue weighted by molar-refractivity contribution is 5.74. The molecule has 0 aliphatic carbocycles. The van der Waals surface area contributed by atoms with Gasteiger partial charge in [0, 0.05) is 18.2 Å². The molecule has 2 rings (SSSR count). The van der Waals surface area contributed by atoms with Crippen LogP contribution in [0.15, 0.2) is 41.1 Å². The lowest BCUT2D eigenvalue weighted by Crippen LogP contribution is -1.99. The van der Waals surface area contributed by atoms with Gasteiger partial charge in [0.1, 0.15) is 12.5 Å². The average molecular weight is 202 g/mol. The van der Waals surface area contributed by atoms with Gasteiger partial charge < -0.3 is 9.84 Å². The number of carbonyl (C=O) groups excluding carboxylic acids is 1. The van der Waals surface area contributed by atoms with Gasteiger partial charge in [0.15, 0.2) is 5.82 Å². The molecule has 0 aliphatic rings. The van der Waals surface area contributed by atoms with Gasteiger partial charge in [0.2, 0.25) is 0 Å². The van der Waals surface area contributed by atoms with Gasteiger partial charge in [-0.2, -0.15) is 0 Å². The van der Waals surface area contributed by atoms with E-state index in [2.05, 4.69) is 15.0 Å². The van der Waals surface area contributed by atoms with Crippen molar-refractivity contribution in [3.63, 3.8) is 0 Å². The van der Waals surface area contributed by atoms with Crippen molar-refractivity contribution in [2.45, 2.75) is 6.54 Å². The molecular formula is C11H10N2O2. The summed E-state index contributed by atoms with van der Waals surface area (Å²) in [4.78, 5) is 10.4. The lowest BCUT2D eigenvalue weighted by Gasteiger charge is -2.02. The Morgan fingerprint density at radius 1 is 1.27 bits per heavy atom. The molecule has 1 N–H and O–H groups in total. The predicted molar refractivity (Wildman–Crippen MR) is 55.7 cm³/mol. The van der Waals surface area contributed by atoms with Crippen LogP contribution >= 0.6 is 0 Å². The van der Waals surface area contributed by atoms with Crippen LogP contribution in [0.1, 0.15) is 15.9 Å². The first-order valence-electron chi connectivity index (χ1n) is 4.57. The molecule has 15 heavy (non-hydrogen) atoms. The fraction of sp³-hybridized carbons (Fsp3) is 0.0909. The Bertz CT molecular complexity index is 420. The summed E-state index contributed by atoms with van der Waals surface area (Å²) in [5.74, 6) is 0.703. The third-order valence-corrected chi connectivity index (χ3v) is 2.03. The van der Waals surface area contributed by atoms with Gasteiger partial charge in [0.25, 0.3) is 0 Å². The Morgan fingerprint density at radius 3 is 2.67 bits per heavy atom. The molecule has 0 saturated heterocycles. The van der Waals surface area contributed by atoms with E-state index in [-0.39, 0.29) is 0 Å². The molecule has 0 fully saturated rings. The van der Waals surface area contributed by atoms with E-state index in [1.54, 1.807) is 18.2 Å². The highest BCUT2D eigenvalue weighted by Gasteiger charge is 1.96. The maximum absolute atomic E-state index is 10.4. The fourth-order valence-corrected chi connectivity index (χ4v) is 1.21. The van der Waals surface area contributed by atoms with Crippen LogP contribution in [0, 0.1) is 0 Å². The van der Waals surface area contributed by atoms with Crippen LogP contribution in [-0.2, 0) is 6.54 Å². The summed E-state index contributed by atoms with van der Waals surface area (Å²) in [5.41, 5.74) is 1.77. The van der Waals surface area contributed by atoms with Gasteiger partial charge in [-0.1, -0.05) is 29.4 Å². The Morgan fingerprint density at radius 2 is 2.07 bits per heavy atom. The summed E-state index contributed by atoms with van der Waals surface area (Å²) < 4.78 is 4.68. The molecule has 0 bridgehead atoms. The largest absolute Gasteiger partial charge is 0.363 e. The summed E-state index contributed by atoms with van der Waals surface area (Å²) in [6.07, 6.45) is 2.34. The van der Waals surface area contributed by atoms with Gasteiger partial charge in [0.05, 0.1) is 0 Å². The second kappa shape index (κ2) is 4.41. The summed E-state index contributed by atoms with van der Waals surface area (Å²) in [7, 11) is 0. The topological polar surface area (TPSA) is 55.1 Å². The summed E-state index contributed by atoms with van der Waals surface area (Å²) in [6.45, 7) is 0.658. The SMILES string of the molecule is O=Cc1ccc(CNc2ccon2)cc1. The maximum atomic E-state index is 10.4. The number of nitrogens with zero attached hydrogens (tertiary/aromatic N) is 1. The summed E-state index contributed by atoms with van der Waals surface area (Å²) in [6, 6.07) is 9.12. The molecule has 0 amide bonds. The third kappa shape index (κ3) is 2.43. The van der Waals surface area contributed by atoms with E-state index in [0.29, 0.717) is 17.9 Å². The zero-order valence-electron chi connectivity index (χ0n) is 8.01. The molecule has 0 spiro atoms. The Balaban J connectivity index is 1.96. The van der Waals surface area contributed by atoms with Gasteiger partial charge in [-0.25, -0.2) is 0 Å². The monoisotopic (exact) mass is 202 g/mol. The van der Waals surface area contributed by atoms with Crippen molar-refractivity contribution in [3.8, 4) is 0 Å². The first-order valence-corrected chi connectivity index (χ1v) is 4.57. The standard InChI is InChI=1S/C11H10N2O2/c14-8-10-3-1-9(2-4-10)7-12-11-5-6-15-13-11/h1-6,8H,7H2,(H,12,13). The van der Waals surface area contributed by atoms with Crippen LogP contribution < -0.4 is 5.32 Å². The number of nitrogens with one attached hydrogen (secondary N) is 1. The van der Waals surface area contributed by atoms with Crippen molar-refractivity contribution in [2.24, 2.45) is 0 Å². The minimum Gasteiger partial charge on any atom is -0.363 e. The first kappa shape index (κ1) is 9.45. The quantitative estimate of drug-likeness (QED) is 0.771. The van der Waals surface area contributed by atoms with Crippen molar-refractivity contribution in [1.82, 2.24) is 5.16 Å². The lowest BCUT2D eigenvalue weighted by molar-refractivity contribution is 0.112. The van der Waals surface area contributed by atoms with Gasteiger partial charge >= 0.3 is 0 Å². The van der Waals surface area contributed by atoms with Crippen LogP contribution in [-0.4, -0.2) is 11.4 Å². The number of aldehydes is 1. The van der Waals surface area contributed by atoms with Crippen LogP contribution in [0.25, 0.3) is 0 Å². The zero-order valence-corrected chi connectivity index (χ0v) is 8.01. The third-order valence-electron chi connectivity index (χ3n) is 2.03. The smallest absolute Gasteiger partial charge is 0.169 e. The number of carbonyl (C=O) groups is 1. The maximum Gasteiger partial charge on any atom is 0.169 e. The van der Waals surface area contributed by atoms with Crippen LogP contribution in [0.2, 0.25) is 0 Å². The van der Waals surface area contributed by atoms with E-state index in [0.717, 1.165) is 11.8 Å². The summed E-state index contributed by atoms with van der Waals surface area (Å²) in [5, 5.41) is 6.81. The molecule has 1 aromatic heterocycles. The van der Waals surface area contributed by atoms with Gasteiger partial charge in [-0.3, -0.25) is 4.79 Å². The number of aromatic nitrogens is 1. The minimum atomic E-state index is 0.658. The van der Waals surface area contributed by atoms with E-state index in [4.69, 9.17) is 0 Å². The van der Waals surface area contributed by atoms with Gasteiger partial charge in [-0.05, 0) is 5.56 Å². The molecular weight excluding hydrogens is 192 g/mol. The van der Waals surface area contributed by atoms with Crippen molar-refractivity contribution in [1.29, 1.82) is 0 Å². The molecule has 0 aliphatic heterocycles. The molecule has 0 saturated carbocycles. The minimum absolute atomic E-state index is 0.658. The molecule has 1 heterocycles. The summed E-state index contributed by atoms with van der Waals surface area (Å²) >= 11 is 0. The zero-order chi connectivity index (χ0) is 10.5. The second-order valence-corrected chi connectivity index (χ2v) is 3.10. The van der Waals surface area contributed by atoms with Crippen LogP contribution in [0.3, 0.4) is 0 Å². The number of benzene rings is 1.